The molecule has 0 unspecified atom stereocenters. The van der Waals surface area contributed by atoms with Crippen molar-refractivity contribution in [3.63, 3.8) is 0 Å². The molecule has 0 radical (unpaired) electrons. The van der Waals surface area contributed by atoms with Gasteiger partial charge in [0.2, 0.25) is 0 Å². The molecule has 2 aromatic carbocycles. The van der Waals surface area contributed by atoms with E-state index in [9.17, 15) is 9.18 Å². The van der Waals surface area contributed by atoms with E-state index in [1.165, 1.54) is 24.3 Å². The molecule has 0 spiro atoms. The molecule has 0 bridgehead atoms. The first-order chi connectivity index (χ1) is 12.3. The highest BCUT2D eigenvalue weighted by molar-refractivity contribution is 7.80. The zero-order valence-corrected chi connectivity index (χ0v) is 16.9. The molecule has 2 heterocycles. The molecule has 3 aromatic rings. The molecule has 26 heavy (non-hydrogen) atoms. The van der Waals surface area contributed by atoms with Crippen LogP contribution in [0.15, 0.2) is 42.5 Å². The van der Waals surface area contributed by atoms with Gasteiger partial charge in [0.25, 0.3) is 5.91 Å². The SMILES string of the molecule is Cc1ccc2c(c1)-c1c(ssc1=S)C(C)(C)N2C(=O)c1ccc(F)cc1. The van der Waals surface area contributed by atoms with Gasteiger partial charge in [-0.15, -0.1) is 0 Å². The van der Waals surface area contributed by atoms with Crippen molar-refractivity contribution in [3.05, 3.63) is 68.1 Å². The van der Waals surface area contributed by atoms with E-state index in [-0.39, 0.29) is 11.7 Å². The normalized spacial score (nSPS) is 14.7. The summed E-state index contributed by atoms with van der Waals surface area (Å²) < 4.78 is 14.2. The minimum atomic E-state index is -0.540. The van der Waals surface area contributed by atoms with Gasteiger partial charge in [0, 0.05) is 16.7 Å². The van der Waals surface area contributed by atoms with E-state index in [0.717, 1.165) is 31.1 Å². The van der Waals surface area contributed by atoms with Gasteiger partial charge in [0.15, 0.2) is 0 Å². The van der Waals surface area contributed by atoms with Gasteiger partial charge in [-0.3, -0.25) is 9.69 Å². The maximum Gasteiger partial charge on any atom is 0.259 e. The molecule has 1 aliphatic heterocycles. The summed E-state index contributed by atoms with van der Waals surface area (Å²) in [5, 5.41) is 0. The second-order valence-electron chi connectivity index (χ2n) is 6.89. The number of rotatable bonds is 1. The Hall–Kier alpha value is -1.89. The number of anilines is 1. The highest BCUT2D eigenvalue weighted by atomic mass is 32.9. The lowest BCUT2D eigenvalue weighted by Crippen LogP contribution is -2.47. The fraction of sp³-hybridized carbons (Fsp3) is 0.200. The van der Waals surface area contributed by atoms with Crippen LogP contribution in [0.25, 0.3) is 11.1 Å². The van der Waals surface area contributed by atoms with Crippen molar-refractivity contribution in [2.45, 2.75) is 26.3 Å². The summed E-state index contributed by atoms with van der Waals surface area (Å²) >= 11 is 5.59. The standard InChI is InChI=1S/C20H16FNOS3/c1-11-4-9-15-14(10-11)16-17(25-26-19(16)24)20(2,3)22(15)18(23)12-5-7-13(21)8-6-12/h4-10H,1-3H3. The number of carbonyl (C=O) groups excluding carboxylic acids is 1. The van der Waals surface area contributed by atoms with Gasteiger partial charge in [-0.2, -0.15) is 0 Å². The first-order valence-corrected chi connectivity index (χ1v) is 10.7. The van der Waals surface area contributed by atoms with Crippen molar-refractivity contribution in [1.82, 2.24) is 0 Å². The second-order valence-corrected chi connectivity index (χ2v) is 9.70. The van der Waals surface area contributed by atoms with Gasteiger partial charge in [-0.25, -0.2) is 4.39 Å². The summed E-state index contributed by atoms with van der Waals surface area (Å²) in [7, 11) is 3.20. The molecule has 1 amide bonds. The van der Waals surface area contributed by atoms with Crippen LogP contribution >= 0.6 is 32.9 Å². The number of benzene rings is 2. The van der Waals surface area contributed by atoms with E-state index in [0.29, 0.717) is 5.56 Å². The van der Waals surface area contributed by atoms with Gasteiger partial charge in [-0.1, -0.05) is 44.5 Å². The maximum atomic E-state index is 13.4. The second kappa shape index (κ2) is 6.08. The Bertz CT molecular complexity index is 1080. The Kier molecular flexibility index (Phi) is 4.10. The van der Waals surface area contributed by atoms with Crippen molar-refractivity contribution in [1.29, 1.82) is 0 Å². The molecule has 1 aromatic heterocycles. The molecule has 0 saturated carbocycles. The quantitative estimate of drug-likeness (QED) is 0.340. The number of halogens is 1. The van der Waals surface area contributed by atoms with Crippen LogP contribution in [0.3, 0.4) is 0 Å². The summed E-state index contributed by atoms with van der Waals surface area (Å²) in [5.41, 5.74) is 3.96. The smallest absolute Gasteiger partial charge is 0.259 e. The van der Waals surface area contributed by atoms with Crippen LogP contribution in [0.1, 0.15) is 34.6 Å². The minimum Gasteiger partial charge on any atom is -0.297 e. The van der Waals surface area contributed by atoms with Gasteiger partial charge in [0.05, 0.1) is 16.1 Å². The zero-order valence-electron chi connectivity index (χ0n) is 14.5. The molecule has 6 heteroatoms. The molecule has 0 fully saturated rings. The van der Waals surface area contributed by atoms with Crippen LogP contribution in [0.2, 0.25) is 0 Å². The number of nitrogens with zero attached hydrogens (tertiary/aromatic N) is 1. The van der Waals surface area contributed by atoms with Crippen molar-refractivity contribution in [2.24, 2.45) is 0 Å². The first kappa shape index (κ1) is 17.5. The number of fused-ring (bicyclic) bond motifs is 3. The molecule has 0 aliphatic carbocycles. The van der Waals surface area contributed by atoms with E-state index < -0.39 is 5.54 Å². The summed E-state index contributed by atoms with van der Waals surface area (Å²) in [6.45, 7) is 6.10. The first-order valence-electron chi connectivity index (χ1n) is 8.15. The summed E-state index contributed by atoms with van der Waals surface area (Å²) in [6.07, 6.45) is 0. The Morgan fingerprint density at radius 1 is 1.12 bits per heavy atom. The summed E-state index contributed by atoms with van der Waals surface area (Å²) in [5.74, 6) is -0.497. The predicted molar refractivity (Wildman–Crippen MR) is 109 cm³/mol. The van der Waals surface area contributed by atoms with Crippen molar-refractivity contribution in [2.75, 3.05) is 4.90 Å². The lowest BCUT2D eigenvalue weighted by Gasteiger charge is -2.43. The Morgan fingerprint density at radius 3 is 2.50 bits per heavy atom. The van der Waals surface area contributed by atoms with E-state index in [1.807, 2.05) is 37.8 Å². The molecule has 0 N–H and O–H groups in total. The minimum absolute atomic E-state index is 0.143. The average molecular weight is 402 g/mol. The number of hydrogen-bond donors (Lipinski definition) is 0. The molecule has 1 aliphatic rings. The molecular formula is C20H16FNOS3. The lowest BCUT2D eigenvalue weighted by atomic mass is 9.86. The Labute approximate surface area is 163 Å². The van der Waals surface area contributed by atoms with E-state index in [1.54, 1.807) is 20.7 Å². The van der Waals surface area contributed by atoms with Crippen LogP contribution in [0, 0.1) is 16.6 Å². The highest BCUT2D eigenvalue weighted by Gasteiger charge is 2.43. The fourth-order valence-corrected chi connectivity index (χ4v) is 6.71. The molecule has 4 rings (SSSR count). The van der Waals surface area contributed by atoms with Crippen LogP contribution in [-0.4, -0.2) is 5.91 Å². The lowest BCUT2D eigenvalue weighted by molar-refractivity contribution is 0.0961. The van der Waals surface area contributed by atoms with Crippen LogP contribution < -0.4 is 4.90 Å². The molecule has 0 atom stereocenters. The average Bonchev–Trinajstić information content (AvgIpc) is 2.99. The third kappa shape index (κ3) is 2.55. The van der Waals surface area contributed by atoms with Crippen molar-refractivity contribution >= 4 is 44.5 Å². The van der Waals surface area contributed by atoms with Gasteiger partial charge < -0.3 is 0 Å². The number of carbonyl (C=O) groups is 1. The predicted octanol–water partition coefficient (Wildman–Crippen LogP) is 6.55. The number of amides is 1. The monoisotopic (exact) mass is 401 g/mol. The van der Waals surface area contributed by atoms with Gasteiger partial charge >= 0.3 is 0 Å². The van der Waals surface area contributed by atoms with Crippen LogP contribution in [0.4, 0.5) is 10.1 Å². The van der Waals surface area contributed by atoms with Gasteiger partial charge in [0.1, 0.15) is 9.64 Å². The largest absolute Gasteiger partial charge is 0.297 e. The van der Waals surface area contributed by atoms with E-state index >= 15 is 0 Å². The van der Waals surface area contributed by atoms with Crippen LogP contribution in [-0.2, 0) is 5.54 Å². The van der Waals surface area contributed by atoms with Crippen molar-refractivity contribution < 1.29 is 9.18 Å². The third-order valence-corrected chi connectivity index (χ3v) is 8.03. The van der Waals surface area contributed by atoms with Gasteiger partial charge in [-0.05, 0) is 57.2 Å². The summed E-state index contributed by atoms with van der Waals surface area (Å²) in [6, 6.07) is 11.8. The maximum absolute atomic E-state index is 13.4. The number of aryl methyl sites for hydroxylation is 1. The fourth-order valence-electron chi connectivity index (χ4n) is 3.43. The third-order valence-electron chi connectivity index (χ3n) is 4.70. The topological polar surface area (TPSA) is 20.3 Å². The van der Waals surface area contributed by atoms with Crippen molar-refractivity contribution in [3.8, 4) is 11.1 Å². The Balaban J connectivity index is 1.97. The number of hydrogen-bond acceptors (Lipinski definition) is 4. The van der Waals surface area contributed by atoms with E-state index in [4.69, 9.17) is 12.2 Å². The Morgan fingerprint density at radius 2 is 1.81 bits per heavy atom. The zero-order chi connectivity index (χ0) is 18.6. The molecule has 0 saturated heterocycles. The van der Waals surface area contributed by atoms with E-state index in [2.05, 4.69) is 6.07 Å². The molecule has 2 nitrogen and oxygen atoms in total. The molecule has 132 valence electrons. The molecular weight excluding hydrogens is 385 g/mol. The van der Waals surface area contributed by atoms with Crippen LogP contribution in [0.5, 0.6) is 0 Å². The highest BCUT2D eigenvalue weighted by Crippen LogP contribution is 2.52. The summed E-state index contributed by atoms with van der Waals surface area (Å²) in [4.78, 5) is 16.3.